The van der Waals surface area contributed by atoms with E-state index in [0.717, 1.165) is 30.2 Å². The van der Waals surface area contributed by atoms with Crippen LogP contribution in [0.25, 0.3) is 0 Å². The van der Waals surface area contributed by atoms with Gasteiger partial charge in [-0.1, -0.05) is 26.2 Å². The molecular weight excluding hydrogens is 146 g/mol. The maximum absolute atomic E-state index is 5.70. The standard InChI is InChI=1S/C11H21N/c1-8(7-12)11-5-9-3-2-4-10(9)6-11/h8-11H,2-7,12H2,1H3. The average Bonchev–Trinajstić information content (AvgIpc) is 2.60. The van der Waals surface area contributed by atoms with Crippen molar-refractivity contribution >= 4 is 0 Å². The van der Waals surface area contributed by atoms with Crippen molar-refractivity contribution in [3.05, 3.63) is 0 Å². The second-order valence-electron chi connectivity index (χ2n) is 4.90. The lowest BCUT2D eigenvalue weighted by Crippen LogP contribution is -2.19. The van der Waals surface area contributed by atoms with Gasteiger partial charge >= 0.3 is 0 Å². The first-order valence-electron chi connectivity index (χ1n) is 5.51. The first-order valence-corrected chi connectivity index (χ1v) is 5.51. The molecule has 0 heterocycles. The van der Waals surface area contributed by atoms with E-state index in [4.69, 9.17) is 5.73 Å². The molecule has 12 heavy (non-hydrogen) atoms. The summed E-state index contributed by atoms with van der Waals surface area (Å²) in [4.78, 5) is 0. The Bertz CT molecular complexity index is 143. The molecule has 0 bridgehead atoms. The number of hydrogen-bond acceptors (Lipinski definition) is 1. The van der Waals surface area contributed by atoms with Crippen LogP contribution < -0.4 is 5.73 Å². The summed E-state index contributed by atoms with van der Waals surface area (Å²) < 4.78 is 0. The van der Waals surface area contributed by atoms with Crippen molar-refractivity contribution in [3.8, 4) is 0 Å². The van der Waals surface area contributed by atoms with Crippen molar-refractivity contribution in [1.82, 2.24) is 0 Å². The van der Waals surface area contributed by atoms with Gasteiger partial charge in [0.15, 0.2) is 0 Å². The first kappa shape index (κ1) is 8.55. The zero-order valence-electron chi connectivity index (χ0n) is 8.13. The summed E-state index contributed by atoms with van der Waals surface area (Å²) in [7, 11) is 0. The van der Waals surface area contributed by atoms with E-state index >= 15 is 0 Å². The normalized spacial score (nSPS) is 43.0. The van der Waals surface area contributed by atoms with Crippen LogP contribution >= 0.6 is 0 Å². The fourth-order valence-electron chi connectivity index (χ4n) is 3.27. The molecule has 1 heteroatoms. The minimum Gasteiger partial charge on any atom is -0.330 e. The van der Waals surface area contributed by atoms with E-state index in [1.807, 2.05) is 0 Å². The Balaban J connectivity index is 1.90. The molecule has 2 fully saturated rings. The van der Waals surface area contributed by atoms with Gasteiger partial charge in [-0.25, -0.2) is 0 Å². The average molecular weight is 167 g/mol. The molecule has 0 spiro atoms. The summed E-state index contributed by atoms with van der Waals surface area (Å²) in [5, 5.41) is 0. The lowest BCUT2D eigenvalue weighted by Gasteiger charge is -2.17. The largest absolute Gasteiger partial charge is 0.330 e. The van der Waals surface area contributed by atoms with Gasteiger partial charge in [-0.2, -0.15) is 0 Å². The van der Waals surface area contributed by atoms with E-state index in [1.165, 1.54) is 32.1 Å². The zero-order valence-corrected chi connectivity index (χ0v) is 8.13. The van der Waals surface area contributed by atoms with Gasteiger partial charge in [0.05, 0.1) is 0 Å². The zero-order chi connectivity index (χ0) is 8.55. The summed E-state index contributed by atoms with van der Waals surface area (Å²) in [5.41, 5.74) is 5.70. The van der Waals surface area contributed by atoms with Crippen LogP contribution in [0.1, 0.15) is 39.0 Å². The maximum Gasteiger partial charge on any atom is -0.00489 e. The molecule has 0 aromatic carbocycles. The van der Waals surface area contributed by atoms with E-state index in [0.29, 0.717) is 0 Å². The predicted molar refractivity (Wildman–Crippen MR) is 51.8 cm³/mol. The number of hydrogen-bond donors (Lipinski definition) is 1. The summed E-state index contributed by atoms with van der Waals surface area (Å²) in [6.07, 6.45) is 7.50. The highest BCUT2D eigenvalue weighted by atomic mass is 14.6. The molecule has 3 atom stereocenters. The third kappa shape index (κ3) is 1.39. The first-order chi connectivity index (χ1) is 5.81. The van der Waals surface area contributed by atoms with Crippen LogP contribution in [0.2, 0.25) is 0 Å². The highest BCUT2D eigenvalue weighted by Crippen LogP contribution is 2.48. The van der Waals surface area contributed by atoms with Crippen LogP contribution in [-0.2, 0) is 0 Å². The van der Waals surface area contributed by atoms with Gasteiger partial charge in [0.2, 0.25) is 0 Å². The number of rotatable bonds is 2. The highest BCUT2D eigenvalue weighted by Gasteiger charge is 2.38. The van der Waals surface area contributed by atoms with Crippen LogP contribution in [0.4, 0.5) is 0 Å². The van der Waals surface area contributed by atoms with Crippen LogP contribution in [0, 0.1) is 23.7 Å². The second-order valence-corrected chi connectivity index (χ2v) is 4.90. The van der Waals surface area contributed by atoms with Gasteiger partial charge in [-0.15, -0.1) is 0 Å². The van der Waals surface area contributed by atoms with Crippen molar-refractivity contribution in [2.24, 2.45) is 29.4 Å². The minimum absolute atomic E-state index is 0.774. The maximum atomic E-state index is 5.70. The second kappa shape index (κ2) is 3.37. The molecule has 2 aliphatic carbocycles. The molecule has 3 unspecified atom stereocenters. The lowest BCUT2D eigenvalue weighted by molar-refractivity contribution is 0.349. The van der Waals surface area contributed by atoms with Gasteiger partial charge in [-0.05, 0) is 43.1 Å². The van der Waals surface area contributed by atoms with E-state index in [2.05, 4.69) is 6.92 Å². The Kier molecular flexibility index (Phi) is 2.40. The molecule has 0 saturated heterocycles. The molecule has 1 nitrogen and oxygen atoms in total. The number of nitrogens with two attached hydrogens (primary N) is 1. The third-order valence-electron chi connectivity index (χ3n) is 4.20. The summed E-state index contributed by atoms with van der Waals surface area (Å²) in [6, 6.07) is 0. The SMILES string of the molecule is CC(CN)C1CC2CCCC2C1. The van der Waals surface area contributed by atoms with Crippen LogP contribution in [-0.4, -0.2) is 6.54 Å². The van der Waals surface area contributed by atoms with Crippen molar-refractivity contribution < 1.29 is 0 Å². The van der Waals surface area contributed by atoms with Gasteiger partial charge < -0.3 is 5.73 Å². The topological polar surface area (TPSA) is 26.0 Å². The Morgan fingerprint density at radius 2 is 1.83 bits per heavy atom. The van der Waals surface area contributed by atoms with Gasteiger partial charge in [-0.3, -0.25) is 0 Å². The lowest BCUT2D eigenvalue weighted by atomic mass is 9.90. The van der Waals surface area contributed by atoms with Gasteiger partial charge in [0, 0.05) is 0 Å². The number of fused-ring (bicyclic) bond motifs is 1. The summed E-state index contributed by atoms with van der Waals surface area (Å²) >= 11 is 0. The molecule has 0 aromatic rings. The molecule has 2 rings (SSSR count). The Morgan fingerprint density at radius 1 is 1.25 bits per heavy atom. The van der Waals surface area contributed by atoms with E-state index in [-0.39, 0.29) is 0 Å². The summed E-state index contributed by atoms with van der Waals surface area (Å²) in [6.45, 7) is 3.22. The van der Waals surface area contributed by atoms with Crippen molar-refractivity contribution in [1.29, 1.82) is 0 Å². The van der Waals surface area contributed by atoms with Gasteiger partial charge in [0.1, 0.15) is 0 Å². The third-order valence-corrected chi connectivity index (χ3v) is 4.20. The quantitative estimate of drug-likeness (QED) is 0.671. The van der Waals surface area contributed by atoms with Crippen LogP contribution in [0.15, 0.2) is 0 Å². The minimum atomic E-state index is 0.774. The van der Waals surface area contributed by atoms with E-state index in [9.17, 15) is 0 Å². The molecule has 0 radical (unpaired) electrons. The predicted octanol–water partition coefficient (Wildman–Crippen LogP) is 2.41. The van der Waals surface area contributed by atoms with Crippen molar-refractivity contribution in [2.75, 3.05) is 6.54 Å². The monoisotopic (exact) mass is 167 g/mol. The molecule has 0 aliphatic heterocycles. The fourth-order valence-corrected chi connectivity index (χ4v) is 3.27. The summed E-state index contributed by atoms with van der Waals surface area (Å²) in [5.74, 6) is 3.91. The van der Waals surface area contributed by atoms with Crippen LogP contribution in [0.5, 0.6) is 0 Å². The van der Waals surface area contributed by atoms with Crippen molar-refractivity contribution in [3.63, 3.8) is 0 Å². The smallest absolute Gasteiger partial charge is 0.00489 e. The van der Waals surface area contributed by atoms with Crippen LogP contribution in [0.3, 0.4) is 0 Å². The molecular formula is C11H21N. The highest BCUT2D eigenvalue weighted by molar-refractivity contribution is 4.89. The fraction of sp³-hybridized carbons (Fsp3) is 1.00. The van der Waals surface area contributed by atoms with Gasteiger partial charge in [0.25, 0.3) is 0 Å². The Labute approximate surface area is 75.7 Å². The Hall–Kier alpha value is -0.0400. The van der Waals surface area contributed by atoms with E-state index in [1.54, 1.807) is 0 Å². The molecule has 2 saturated carbocycles. The molecule has 0 amide bonds. The molecule has 0 aromatic heterocycles. The molecule has 2 aliphatic rings. The molecule has 70 valence electrons. The molecule has 2 N–H and O–H groups in total. The Morgan fingerprint density at radius 3 is 2.33 bits per heavy atom. The van der Waals surface area contributed by atoms with E-state index < -0.39 is 0 Å². The van der Waals surface area contributed by atoms with Crippen molar-refractivity contribution in [2.45, 2.75) is 39.0 Å².